The van der Waals surface area contributed by atoms with Crippen LogP contribution in [0.15, 0.2) is 30.6 Å². The van der Waals surface area contributed by atoms with Gasteiger partial charge in [0.25, 0.3) is 11.8 Å². The Labute approximate surface area is 122 Å². The zero-order valence-electron chi connectivity index (χ0n) is 11.9. The minimum atomic E-state index is -0.747. The molecule has 0 saturated heterocycles. The Morgan fingerprint density at radius 2 is 2.05 bits per heavy atom. The number of H-pyrrole nitrogens is 1. The highest BCUT2D eigenvalue weighted by atomic mass is 16.2. The number of imidazole rings is 1. The fourth-order valence-corrected chi connectivity index (χ4v) is 1.96. The van der Waals surface area contributed by atoms with Gasteiger partial charge in [0.2, 0.25) is 0 Å². The first kappa shape index (κ1) is 14.7. The smallest absolute Gasteiger partial charge is 0.274 e. The van der Waals surface area contributed by atoms with Crippen LogP contribution in [0.25, 0.3) is 0 Å². The van der Waals surface area contributed by atoms with Crippen molar-refractivity contribution in [1.82, 2.24) is 14.9 Å². The Balaban J connectivity index is 2.24. The zero-order valence-corrected chi connectivity index (χ0v) is 11.9. The molecule has 0 aliphatic rings. The van der Waals surface area contributed by atoms with Crippen LogP contribution in [0.1, 0.15) is 26.5 Å². The predicted octanol–water partition coefficient (Wildman–Crippen LogP) is 0.823. The Hall–Kier alpha value is -2.67. The second-order valence-corrected chi connectivity index (χ2v) is 4.84. The average molecular weight is 287 g/mol. The van der Waals surface area contributed by atoms with Gasteiger partial charge in [0.1, 0.15) is 5.69 Å². The summed E-state index contributed by atoms with van der Waals surface area (Å²) in [5.74, 6) is -1.20. The summed E-state index contributed by atoms with van der Waals surface area (Å²) in [6.45, 7) is 0.683. The highest BCUT2D eigenvalue weighted by Gasteiger charge is 2.19. The predicted molar refractivity (Wildman–Crippen MR) is 78.9 cm³/mol. The number of anilines is 1. The number of nitrogens with one attached hydrogen (secondary N) is 2. The molecule has 0 fully saturated rings. The van der Waals surface area contributed by atoms with E-state index in [0.29, 0.717) is 12.2 Å². The van der Waals surface area contributed by atoms with Crippen molar-refractivity contribution in [2.24, 2.45) is 5.73 Å². The zero-order chi connectivity index (χ0) is 15.4. The second-order valence-electron chi connectivity index (χ2n) is 4.84. The molecule has 0 aliphatic carbocycles. The molecule has 4 N–H and O–H groups in total. The highest BCUT2D eigenvalue weighted by Crippen LogP contribution is 2.17. The number of carbonyl (C=O) groups is 2. The second kappa shape index (κ2) is 6.19. The van der Waals surface area contributed by atoms with Crippen LogP contribution < -0.4 is 11.1 Å². The minimum absolute atomic E-state index is 0.0576. The van der Waals surface area contributed by atoms with E-state index in [2.05, 4.69) is 15.3 Å². The summed E-state index contributed by atoms with van der Waals surface area (Å²) in [6, 6.07) is 7.46. The van der Waals surface area contributed by atoms with Crippen LogP contribution in [-0.2, 0) is 6.54 Å². The molecular formula is C14H17N5O2. The first-order chi connectivity index (χ1) is 9.99. The summed E-state index contributed by atoms with van der Waals surface area (Å²) in [5, 5.41) is 2.77. The van der Waals surface area contributed by atoms with Crippen LogP contribution in [0.2, 0.25) is 0 Å². The number of nitrogens with zero attached hydrogens (tertiary/aromatic N) is 2. The van der Waals surface area contributed by atoms with E-state index in [-0.39, 0.29) is 11.4 Å². The maximum absolute atomic E-state index is 12.2. The molecule has 2 amide bonds. The van der Waals surface area contributed by atoms with E-state index in [9.17, 15) is 9.59 Å². The number of para-hydroxylation sites is 1. The SMILES string of the molecule is CN(C)Cc1ccccc1NC(=O)c1[nH]cnc1C(N)=O. The van der Waals surface area contributed by atoms with Crippen molar-refractivity contribution < 1.29 is 9.59 Å². The summed E-state index contributed by atoms with van der Waals surface area (Å²) in [6.07, 6.45) is 1.26. The molecule has 0 atom stereocenters. The number of hydrogen-bond acceptors (Lipinski definition) is 4. The van der Waals surface area contributed by atoms with Crippen molar-refractivity contribution in [2.45, 2.75) is 6.54 Å². The van der Waals surface area contributed by atoms with Crippen molar-refractivity contribution in [1.29, 1.82) is 0 Å². The van der Waals surface area contributed by atoms with Crippen LogP contribution in [-0.4, -0.2) is 40.8 Å². The van der Waals surface area contributed by atoms with Gasteiger partial charge in [-0.3, -0.25) is 9.59 Å². The first-order valence-electron chi connectivity index (χ1n) is 6.36. The highest BCUT2D eigenvalue weighted by molar-refractivity contribution is 6.09. The van der Waals surface area contributed by atoms with Crippen molar-refractivity contribution in [3.8, 4) is 0 Å². The Morgan fingerprint density at radius 3 is 2.71 bits per heavy atom. The van der Waals surface area contributed by atoms with Gasteiger partial charge in [0.05, 0.1) is 6.33 Å². The number of benzene rings is 1. The monoisotopic (exact) mass is 287 g/mol. The lowest BCUT2D eigenvalue weighted by molar-refractivity contribution is 0.0972. The van der Waals surface area contributed by atoms with Crippen molar-refractivity contribution in [3.05, 3.63) is 47.5 Å². The molecule has 1 aromatic carbocycles. The van der Waals surface area contributed by atoms with Gasteiger partial charge in [-0.2, -0.15) is 0 Å². The molecule has 0 spiro atoms. The van der Waals surface area contributed by atoms with Gasteiger partial charge in [0, 0.05) is 12.2 Å². The van der Waals surface area contributed by atoms with E-state index in [4.69, 9.17) is 5.73 Å². The van der Waals surface area contributed by atoms with Crippen LogP contribution in [0.4, 0.5) is 5.69 Å². The molecule has 21 heavy (non-hydrogen) atoms. The van der Waals surface area contributed by atoms with Gasteiger partial charge in [-0.1, -0.05) is 18.2 Å². The average Bonchev–Trinajstić information content (AvgIpc) is 2.90. The Kier molecular flexibility index (Phi) is 4.34. The molecular weight excluding hydrogens is 270 g/mol. The molecule has 7 heteroatoms. The van der Waals surface area contributed by atoms with Gasteiger partial charge >= 0.3 is 0 Å². The maximum Gasteiger partial charge on any atom is 0.274 e. The normalized spacial score (nSPS) is 10.6. The van der Waals surface area contributed by atoms with Gasteiger partial charge < -0.3 is 20.9 Å². The van der Waals surface area contributed by atoms with Crippen LogP contribution in [0.3, 0.4) is 0 Å². The van der Waals surface area contributed by atoms with Gasteiger partial charge in [0.15, 0.2) is 5.69 Å². The van der Waals surface area contributed by atoms with E-state index in [1.54, 1.807) is 6.07 Å². The van der Waals surface area contributed by atoms with Crippen molar-refractivity contribution in [3.63, 3.8) is 0 Å². The number of amides is 2. The fraction of sp³-hybridized carbons (Fsp3) is 0.214. The molecule has 0 radical (unpaired) electrons. The quantitative estimate of drug-likeness (QED) is 0.757. The lowest BCUT2D eigenvalue weighted by Crippen LogP contribution is -2.21. The first-order valence-corrected chi connectivity index (χ1v) is 6.36. The minimum Gasteiger partial charge on any atom is -0.364 e. The summed E-state index contributed by atoms with van der Waals surface area (Å²) in [4.78, 5) is 31.8. The third kappa shape index (κ3) is 3.46. The lowest BCUT2D eigenvalue weighted by Gasteiger charge is -2.14. The van der Waals surface area contributed by atoms with E-state index >= 15 is 0 Å². The number of hydrogen-bond donors (Lipinski definition) is 3. The van der Waals surface area contributed by atoms with Gasteiger partial charge in [-0.25, -0.2) is 4.98 Å². The van der Waals surface area contributed by atoms with E-state index in [1.807, 2.05) is 37.2 Å². The molecule has 0 bridgehead atoms. The standard InChI is InChI=1S/C14H17N5O2/c1-19(2)7-9-5-3-4-6-10(9)18-14(21)12-11(13(15)20)16-8-17-12/h3-6,8H,7H2,1-2H3,(H2,15,20)(H,16,17)(H,18,21). The number of carbonyl (C=O) groups excluding carboxylic acids is 2. The number of rotatable bonds is 5. The van der Waals surface area contributed by atoms with E-state index < -0.39 is 11.8 Å². The summed E-state index contributed by atoms with van der Waals surface area (Å²) in [5.41, 5.74) is 6.81. The molecule has 110 valence electrons. The third-order valence-corrected chi connectivity index (χ3v) is 2.85. The molecule has 7 nitrogen and oxygen atoms in total. The Bertz CT molecular complexity index is 663. The molecule has 0 saturated carbocycles. The van der Waals surface area contributed by atoms with Gasteiger partial charge in [-0.15, -0.1) is 0 Å². The number of primary amides is 1. The van der Waals surface area contributed by atoms with Crippen LogP contribution in [0.5, 0.6) is 0 Å². The molecule has 0 unspecified atom stereocenters. The number of nitrogens with two attached hydrogens (primary N) is 1. The molecule has 2 rings (SSSR count). The van der Waals surface area contributed by atoms with Crippen molar-refractivity contribution in [2.75, 3.05) is 19.4 Å². The number of aromatic nitrogens is 2. The lowest BCUT2D eigenvalue weighted by atomic mass is 10.1. The van der Waals surface area contributed by atoms with Crippen LogP contribution in [0, 0.1) is 0 Å². The summed E-state index contributed by atoms with van der Waals surface area (Å²) >= 11 is 0. The number of aromatic amines is 1. The van der Waals surface area contributed by atoms with Crippen LogP contribution >= 0.6 is 0 Å². The van der Waals surface area contributed by atoms with Gasteiger partial charge in [-0.05, 0) is 25.7 Å². The molecule has 1 heterocycles. The van der Waals surface area contributed by atoms with E-state index in [0.717, 1.165) is 5.56 Å². The van der Waals surface area contributed by atoms with Crippen molar-refractivity contribution >= 4 is 17.5 Å². The summed E-state index contributed by atoms with van der Waals surface area (Å²) < 4.78 is 0. The third-order valence-electron chi connectivity index (χ3n) is 2.85. The molecule has 0 aliphatic heterocycles. The Morgan fingerprint density at radius 1 is 1.33 bits per heavy atom. The maximum atomic E-state index is 12.2. The van der Waals surface area contributed by atoms with E-state index in [1.165, 1.54) is 6.33 Å². The fourth-order valence-electron chi connectivity index (χ4n) is 1.96. The largest absolute Gasteiger partial charge is 0.364 e. The molecule has 2 aromatic rings. The summed E-state index contributed by atoms with van der Waals surface area (Å²) in [7, 11) is 3.89. The molecule has 1 aromatic heterocycles. The topological polar surface area (TPSA) is 104 Å².